The Morgan fingerprint density at radius 3 is 2.45 bits per heavy atom. The molecule has 1 heterocycles. The normalized spacial score (nSPS) is 12.9. The fourth-order valence-electron chi connectivity index (χ4n) is 3.53. The van der Waals surface area contributed by atoms with Crippen molar-refractivity contribution in [1.82, 2.24) is 9.80 Å². The van der Waals surface area contributed by atoms with Crippen LogP contribution in [-0.2, 0) is 17.9 Å². The van der Waals surface area contributed by atoms with E-state index in [0.717, 1.165) is 33.3 Å². The number of carbonyl (C=O) groups excluding carboxylic acids is 2. The zero-order chi connectivity index (χ0) is 23.4. The average molecular weight is 530 g/mol. The van der Waals surface area contributed by atoms with E-state index in [1.54, 1.807) is 33.3 Å². The Morgan fingerprint density at radius 1 is 1.09 bits per heavy atom. The molecule has 2 aromatic carbocycles. The van der Waals surface area contributed by atoms with Gasteiger partial charge in [0.05, 0.1) is 12.2 Å². The standard InChI is InChI=1S/C25H25BrFN3O2S/c1-17-12-13-33-23(17)15-29(14-18-6-8-19(27)9-7-18)24(31)16-30(20-10-11-20)25(32)28-22-5-3-2-4-21(22)26/h2-9,12-13,20H,10-11,14-16H2,1H3,(H,28,32). The molecule has 1 fully saturated rings. The van der Waals surface area contributed by atoms with E-state index in [1.165, 1.54) is 12.1 Å². The molecule has 0 unspecified atom stereocenters. The predicted molar refractivity (Wildman–Crippen MR) is 133 cm³/mol. The van der Waals surface area contributed by atoms with Crippen LogP contribution in [0.3, 0.4) is 0 Å². The molecule has 172 valence electrons. The molecule has 4 rings (SSSR count). The highest BCUT2D eigenvalue weighted by Crippen LogP contribution is 2.29. The lowest BCUT2D eigenvalue weighted by molar-refractivity contribution is -0.133. The summed E-state index contributed by atoms with van der Waals surface area (Å²) in [7, 11) is 0. The van der Waals surface area contributed by atoms with Gasteiger partial charge in [-0.15, -0.1) is 11.3 Å². The van der Waals surface area contributed by atoms with Crippen molar-refractivity contribution >= 4 is 44.9 Å². The van der Waals surface area contributed by atoms with E-state index in [4.69, 9.17) is 0 Å². The van der Waals surface area contributed by atoms with Crippen molar-refractivity contribution in [1.29, 1.82) is 0 Å². The van der Waals surface area contributed by atoms with Crippen molar-refractivity contribution < 1.29 is 14.0 Å². The lowest BCUT2D eigenvalue weighted by Gasteiger charge is -2.28. The SMILES string of the molecule is Cc1ccsc1CN(Cc1ccc(F)cc1)C(=O)CN(C(=O)Nc1ccccc1Br)C1CC1. The number of benzene rings is 2. The molecular weight excluding hydrogens is 505 g/mol. The summed E-state index contributed by atoms with van der Waals surface area (Å²) in [6, 6.07) is 15.4. The summed E-state index contributed by atoms with van der Waals surface area (Å²) in [5.41, 5.74) is 2.63. The molecule has 1 saturated carbocycles. The van der Waals surface area contributed by atoms with Gasteiger partial charge in [0.2, 0.25) is 5.91 Å². The first-order chi connectivity index (χ1) is 15.9. The van der Waals surface area contributed by atoms with Gasteiger partial charge >= 0.3 is 6.03 Å². The number of hydrogen-bond donors (Lipinski definition) is 1. The molecule has 0 bridgehead atoms. The monoisotopic (exact) mass is 529 g/mol. The molecule has 1 aromatic heterocycles. The Bertz CT molecular complexity index is 1130. The molecule has 0 radical (unpaired) electrons. The zero-order valence-electron chi connectivity index (χ0n) is 18.3. The second-order valence-electron chi connectivity index (χ2n) is 8.17. The van der Waals surface area contributed by atoms with Gasteiger partial charge in [0.25, 0.3) is 0 Å². The zero-order valence-corrected chi connectivity index (χ0v) is 20.7. The number of urea groups is 1. The van der Waals surface area contributed by atoms with Crippen LogP contribution in [0.15, 0.2) is 64.5 Å². The average Bonchev–Trinajstić information content (AvgIpc) is 3.56. The number of para-hydroxylation sites is 1. The van der Waals surface area contributed by atoms with E-state index in [1.807, 2.05) is 42.6 Å². The number of rotatable bonds is 8. The van der Waals surface area contributed by atoms with E-state index < -0.39 is 0 Å². The smallest absolute Gasteiger partial charge is 0.322 e. The quantitative estimate of drug-likeness (QED) is 0.378. The molecule has 0 saturated heterocycles. The number of thiophene rings is 1. The minimum atomic E-state index is -0.311. The third-order valence-corrected chi connectivity index (χ3v) is 7.31. The first kappa shape index (κ1) is 23.4. The summed E-state index contributed by atoms with van der Waals surface area (Å²) in [6.45, 7) is 2.81. The van der Waals surface area contributed by atoms with Gasteiger partial charge in [0.15, 0.2) is 0 Å². The van der Waals surface area contributed by atoms with Crippen molar-refractivity contribution in [3.05, 3.63) is 86.3 Å². The summed E-state index contributed by atoms with van der Waals surface area (Å²) in [4.78, 5) is 31.0. The van der Waals surface area contributed by atoms with Crippen molar-refractivity contribution in [2.24, 2.45) is 0 Å². The van der Waals surface area contributed by atoms with Crippen molar-refractivity contribution in [2.45, 2.75) is 38.9 Å². The van der Waals surface area contributed by atoms with Crippen LogP contribution in [0, 0.1) is 12.7 Å². The number of amides is 3. The summed E-state index contributed by atoms with van der Waals surface area (Å²) < 4.78 is 14.2. The molecule has 0 spiro atoms. The minimum Gasteiger partial charge on any atom is -0.332 e. The number of aryl methyl sites for hydroxylation is 1. The first-order valence-electron chi connectivity index (χ1n) is 10.8. The van der Waals surface area contributed by atoms with Crippen molar-refractivity contribution in [2.75, 3.05) is 11.9 Å². The van der Waals surface area contributed by atoms with Crippen LogP contribution in [0.2, 0.25) is 0 Å². The predicted octanol–water partition coefficient (Wildman–Crippen LogP) is 6.18. The van der Waals surface area contributed by atoms with Crippen LogP contribution in [-0.4, -0.2) is 34.3 Å². The maximum Gasteiger partial charge on any atom is 0.322 e. The van der Waals surface area contributed by atoms with E-state index in [-0.39, 0.29) is 30.3 Å². The number of nitrogens with one attached hydrogen (secondary N) is 1. The molecule has 5 nitrogen and oxygen atoms in total. The Morgan fingerprint density at radius 2 is 1.82 bits per heavy atom. The highest BCUT2D eigenvalue weighted by molar-refractivity contribution is 9.10. The summed E-state index contributed by atoms with van der Waals surface area (Å²) in [5, 5.41) is 4.92. The molecule has 1 aliphatic carbocycles. The minimum absolute atomic E-state index is 0.00737. The largest absolute Gasteiger partial charge is 0.332 e. The van der Waals surface area contributed by atoms with Crippen molar-refractivity contribution in [3.63, 3.8) is 0 Å². The van der Waals surface area contributed by atoms with Gasteiger partial charge in [0.1, 0.15) is 12.4 Å². The molecule has 1 aliphatic rings. The number of anilines is 1. The number of hydrogen-bond acceptors (Lipinski definition) is 3. The van der Waals surface area contributed by atoms with Gasteiger partial charge in [-0.3, -0.25) is 4.79 Å². The Kier molecular flexibility index (Phi) is 7.45. The fraction of sp³-hybridized carbons (Fsp3) is 0.280. The fourth-order valence-corrected chi connectivity index (χ4v) is 4.83. The van der Waals surface area contributed by atoms with Gasteiger partial charge in [-0.2, -0.15) is 0 Å². The van der Waals surface area contributed by atoms with Gasteiger partial charge in [-0.25, -0.2) is 9.18 Å². The molecule has 3 amide bonds. The Hall–Kier alpha value is -2.71. The van der Waals surface area contributed by atoms with Crippen LogP contribution in [0.1, 0.15) is 28.8 Å². The summed E-state index contributed by atoms with van der Waals surface area (Å²) in [6.07, 6.45) is 1.78. The van der Waals surface area contributed by atoms with E-state index in [0.29, 0.717) is 18.8 Å². The second-order valence-corrected chi connectivity index (χ2v) is 10.0. The lowest BCUT2D eigenvalue weighted by Crippen LogP contribution is -2.45. The third kappa shape index (κ3) is 6.21. The van der Waals surface area contributed by atoms with Crippen LogP contribution >= 0.6 is 27.3 Å². The maximum absolute atomic E-state index is 13.4. The summed E-state index contributed by atoms with van der Waals surface area (Å²) in [5.74, 6) is -0.448. The molecule has 0 aliphatic heterocycles. The maximum atomic E-state index is 13.4. The van der Waals surface area contributed by atoms with Crippen LogP contribution in [0.25, 0.3) is 0 Å². The topological polar surface area (TPSA) is 52.7 Å². The van der Waals surface area contributed by atoms with E-state index >= 15 is 0 Å². The van der Waals surface area contributed by atoms with Gasteiger partial charge in [-0.05, 0) is 82.5 Å². The second kappa shape index (κ2) is 10.5. The van der Waals surface area contributed by atoms with Crippen LogP contribution in [0.4, 0.5) is 14.9 Å². The van der Waals surface area contributed by atoms with E-state index in [9.17, 15) is 14.0 Å². The number of nitrogens with zero attached hydrogens (tertiary/aromatic N) is 2. The molecule has 33 heavy (non-hydrogen) atoms. The molecular formula is C25H25BrFN3O2S. The Labute approximate surface area is 205 Å². The molecule has 3 aromatic rings. The van der Waals surface area contributed by atoms with Gasteiger partial charge in [-0.1, -0.05) is 24.3 Å². The van der Waals surface area contributed by atoms with E-state index in [2.05, 4.69) is 21.2 Å². The molecule has 1 N–H and O–H groups in total. The highest BCUT2D eigenvalue weighted by atomic mass is 79.9. The lowest BCUT2D eigenvalue weighted by atomic mass is 10.2. The summed E-state index contributed by atoms with van der Waals surface area (Å²) >= 11 is 5.05. The van der Waals surface area contributed by atoms with Gasteiger partial charge in [0, 0.05) is 21.9 Å². The number of halogens is 2. The first-order valence-corrected chi connectivity index (χ1v) is 12.5. The van der Waals surface area contributed by atoms with Crippen molar-refractivity contribution in [3.8, 4) is 0 Å². The van der Waals surface area contributed by atoms with Crippen LogP contribution in [0.5, 0.6) is 0 Å². The highest BCUT2D eigenvalue weighted by Gasteiger charge is 2.35. The van der Waals surface area contributed by atoms with Crippen LogP contribution < -0.4 is 5.32 Å². The Balaban J connectivity index is 1.50. The third-order valence-electron chi connectivity index (χ3n) is 5.61. The molecule has 0 atom stereocenters. The van der Waals surface area contributed by atoms with Gasteiger partial charge < -0.3 is 15.1 Å². The number of carbonyl (C=O) groups is 2. The molecule has 8 heteroatoms.